The average Bonchev–Trinajstić information content (AvgIpc) is 3.12. The Hall–Kier alpha value is -2.08. The molecule has 100 valence electrons. The van der Waals surface area contributed by atoms with Gasteiger partial charge in [-0.25, -0.2) is 4.79 Å². The van der Waals surface area contributed by atoms with Gasteiger partial charge in [0.15, 0.2) is 0 Å². The Labute approximate surface area is 109 Å². The standard InChI is InChI=1S/C13H16N4O2/c14-7-13(3-4-13)11(18)15-6-8-1-2-9-10(5-8)17-12(19)16-9/h1-2,5H,3-4,6-7,14H2,(H,15,18)(H2,16,17,19). The number of imidazole rings is 1. The maximum absolute atomic E-state index is 11.9. The van der Waals surface area contributed by atoms with Crippen LogP contribution in [0.4, 0.5) is 0 Å². The lowest BCUT2D eigenvalue weighted by Crippen LogP contribution is -2.36. The molecule has 0 bridgehead atoms. The summed E-state index contributed by atoms with van der Waals surface area (Å²) >= 11 is 0. The molecule has 1 saturated carbocycles. The van der Waals surface area contributed by atoms with E-state index in [1.165, 1.54) is 0 Å². The summed E-state index contributed by atoms with van der Waals surface area (Å²) in [6.07, 6.45) is 1.75. The zero-order valence-corrected chi connectivity index (χ0v) is 10.5. The van der Waals surface area contributed by atoms with Gasteiger partial charge in [0.25, 0.3) is 0 Å². The topological polar surface area (TPSA) is 104 Å². The first kappa shape index (κ1) is 12.0. The number of benzene rings is 1. The maximum atomic E-state index is 11.9. The largest absolute Gasteiger partial charge is 0.352 e. The molecule has 0 aliphatic heterocycles. The van der Waals surface area contributed by atoms with Crippen LogP contribution >= 0.6 is 0 Å². The smallest absolute Gasteiger partial charge is 0.323 e. The molecule has 1 amide bonds. The fraction of sp³-hybridized carbons (Fsp3) is 0.385. The highest BCUT2D eigenvalue weighted by Gasteiger charge is 2.48. The van der Waals surface area contributed by atoms with Gasteiger partial charge in [-0.1, -0.05) is 6.07 Å². The number of nitrogens with one attached hydrogen (secondary N) is 3. The molecule has 1 aromatic heterocycles. The Balaban J connectivity index is 1.71. The van der Waals surface area contributed by atoms with Gasteiger partial charge >= 0.3 is 5.69 Å². The van der Waals surface area contributed by atoms with Crippen LogP contribution in [0.25, 0.3) is 11.0 Å². The van der Waals surface area contributed by atoms with E-state index in [9.17, 15) is 9.59 Å². The zero-order valence-electron chi connectivity index (χ0n) is 10.5. The number of hydrogen-bond donors (Lipinski definition) is 4. The zero-order chi connectivity index (χ0) is 13.5. The molecule has 0 unspecified atom stereocenters. The maximum Gasteiger partial charge on any atom is 0.323 e. The first-order valence-electron chi connectivity index (χ1n) is 6.32. The van der Waals surface area contributed by atoms with Crippen molar-refractivity contribution in [1.82, 2.24) is 15.3 Å². The Bertz CT molecular complexity index is 681. The second-order valence-electron chi connectivity index (χ2n) is 5.13. The number of rotatable bonds is 4. The highest BCUT2D eigenvalue weighted by Crippen LogP contribution is 2.44. The normalized spacial score (nSPS) is 16.5. The Morgan fingerprint density at radius 1 is 1.32 bits per heavy atom. The molecule has 1 aliphatic rings. The minimum Gasteiger partial charge on any atom is -0.352 e. The Kier molecular flexibility index (Phi) is 2.67. The number of aromatic nitrogens is 2. The molecule has 0 spiro atoms. The van der Waals surface area contributed by atoms with Crippen LogP contribution < -0.4 is 16.7 Å². The quantitative estimate of drug-likeness (QED) is 0.631. The molecule has 0 saturated heterocycles. The third-order valence-electron chi connectivity index (χ3n) is 3.76. The van der Waals surface area contributed by atoms with Gasteiger partial charge in [-0.3, -0.25) is 4.79 Å². The van der Waals surface area contributed by atoms with Crippen LogP contribution in [0.1, 0.15) is 18.4 Å². The summed E-state index contributed by atoms with van der Waals surface area (Å²) < 4.78 is 0. The lowest BCUT2D eigenvalue weighted by Gasteiger charge is -2.12. The molecule has 6 heteroatoms. The van der Waals surface area contributed by atoms with E-state index in [4.69, 9.17) is 5.73 Å². The van der Waals surface area contributed by atoms with E-state index < -0.39 is 0 Å². The van der Waals surface area contributed by atoms with E-state index in [1.807, 2.05) is 18.2 Å². The SMILES string of the molecule is NCC1(C(=O)NCc2ccc3[nH]c(=O)[nH]c3c2)CC1. The molecule has 1 heterocycles. The summed E-state index contributed by atoms with van der Waals surface area (Å²) in [4.78, 5) is 28.5. The summed E-state index contributed by atoms with van der Waals surface area (Å²) in [7, 11) is 0. The van der Waals surface area contributed by atoms with Crippen LogP contribution in [0.3, 0.4) is 0 Å². The van der Waals surface area contributed by atoms with Gasteiger partial charge in [-0.2, -0.15) is 0 Å². The Morgan fingerprint density at radius 3 is 2.74 bits per heavy atom. The minimum absolute atomic E-state index is 0.0256. The van der Waals surface area contributed by atoms with Gasteiger partial charge < -0.3 is 21.0 Å². The van der Waals surface area contributed by atoms with Crippen molar-refractivity contribution in [2.24, 2.45) is 11.1 Å². The number of H-pyrrole nitrogens is 2. The first-order chi connectivity index (χ1) is 9.13. The molecule has 19 heavy (non-hydrogen) atoms. The van der Waals surface area contributed by atoms with Crippen LogP contribution in [0.15, 0.2) is 23.0 Å². The van der Waals surface area contributed by atoms with Crippen molar-refractivity contribution in [2.45, 2.75) is 19.4 Å². The average molecular weight is 260 g/mol. The summed E-state index contributed by atoms with van der Waals surface area (Å²) in [5.41, 5.74) is 7.52. The number of nitrogens with two attached hydrogens (primary N) is 1. The molecular weight excluding hydrogens is 244 g/mol. The highest BCUT2D eigenvalue weighted by atomic mass is 16.2. The molecule has 1 aliphatic carbocycles. The van der Waals surface area contributed by atoms with Crippen molar-refractivity contribution in [2.75, 3.05) is 6.54 Å². The van der Waals surface area contributed by atoms with E-state index in [1.54, 1.807) is 0 Å². The van der Waals surface area contributed by atoms with Crippen LogP contribution in [0.2, 0.25) is 0 Å². The van der Waals surface area contributed by atoms with Gasteiger partial charge in [0, 0.05) is 13.1 Å². The summed E-state index contributed by atoms with van der Waals surface area (Å²) in [6.45, 7) is 0.854. The van der Waals surface area contributed by atoms with Gasteiger partial charge in [-0.15, -0.1) is 0 Å². The lowest BCUT2D eigenvalue weighted by molar-refractivity contribution is -0.126. The second-order valence-corrected chi connectivity index (χ2v) is 5.13. The second kappa shape index (κ2) is 4.24. The van der Waals surface area contributed by atoms with Crippen molar-refractivity contribution in [3.63, 3.8) is 0 Å². The number of aromatic amines is 2. The Morgan fingerprint density at radius 2 is 2.05 bits per heavy atom. The van der Waals surface area contributed by atoms with Crippen molar-refractivity contribution in [1.29, 1.82) is 0 Å². The fourth-order valence-electron chi connectivity index (χ4n) is 2.23. The highest BCUT2D eigenvalue weighted by molar-refractivity contribution is 5.85. The van der Waals surface area contributed by atoms with Crippen molar-refractivity contribution in [3.05, 3.63) is 34.2 Å². The van der Waals surface area contributed by atoms with E-state index in [2.05, 4.69) is 15.3 Å². The van der Waals surface area contributed by atoms with Crippen LogP contribution in [-0.4, -0.2) is 22.4 Å². The third-order valence-corrected chi connectivity index (χ3v) is 3.76. The van der Waals surface area contributed by atoms with Gasteiger partial charge in [0.2, 0.25) is 5.91 Å². The van der Waals surface area contributed by atoms with Gasteiger partial charge in [-0.05, 0) is 30.5 Å². The summed E-state index contributed by atoms with van der Waals surface area (Å²) in [6, 6.07) is 5.56. The van der Waals surface area contributed by atoms with Gasteiger partial charge in [0.05, 0.1) is 16.4 Å². The molecular formula is C13H16N4O2. The molecule has 5 N–H and O–H groups in total. The van der Waals surface area contributed by atoms with Crippen molar-refractivity contribution >= 4 is 16.9 Å². The molecule has 3 rings (SSSR count). The summed E-state index contributed by atoms with van der Waals surface area (Å²) in [5, 5.41) is 2.90. The van der Waals surface area contributed by atoms with Crippen LogP contribution in [0.5, 0.6) is 0 Å². The van der Waals surface area contributed by atoms with Gasteiger partial charge in [0.1, 0.15) is 0 Å². The molecule has 1 aromatic carbocycles. The number of fused-ring (bicyclic) bond motifs is 1. The third kappa shape index (κ3) is 2.15. The van der Waals surface area contributed by atoms with Crippen LogP contribution in [-0.2, 0) is 11.3 Å². The number of carbonyl (C=O) groups is 1. The summed E-state index contributed by atoms with van der Waals surface area (Å²) in [5.74, 6) is 0.0256. The predicted octanol–water partition coefficient (Wildman–Crippen LogP) is 0.211. The van der Waals surface area contributed by atoms with E-state index >= 15 is 0 Å². The number of carbonyl (C=O) groups excluding carboxylic acids is 1. The monoisotopic (exact) mass is 260 g/mol. The van der Waals surface area contributed by atoms with E-state index in [-0.39, 0.29) is 17.0 Å². The molecule has 0 atom stereocenters. The van der Waals surface area contributed by atoms with Crippen LogP contribution in [0, 0.1) is 5.41 Å². The lowest BCUT2D eigenvalue weighted by atomic mass is 10.1. The molecule has 2 aromatic rings. The molecule has 6 nitrogen and oxygen atoms in total. The predicted molar refractivity (Wildman–Crippen MR) is 71.5 cm³/mol. The number of hydrogen-bond acceptors (Lipinski definition) is 3. The van der Waals surface area contributed by atoms with Crippen molar-refractivity contribution < 1.29 is 4.79 Å². The fourth-order valence-corrected chi connectivity index (χ4v) is 2.23. The number of amides is 1. The van der Waals surface area contributed by atoms with E-state index in [0.717, 1.165) is 29.4 Å². The first-order valence-corrected chi connectivity index (χ1v) is 6.32. The van der Waals surface area contributed by atoms with Crippen molar-refractivity contribution in [3.8, 4) is 0 Å². The molecule has 0 radical (unpaired) electrons. The minimum atomic E-state index is -0.327. The molecule has 1 fully saturated rings. The van der Waals surface area contributed by atoms with E-state index in [0.29, 0.717) is 13.1 Å².